The number of carbonyl (C=O) groups is 3. The Morgan fingerprint density at radius 3 is 2.08 bits per heavy atom. The van der Waals surface area contributed by atoms with Crippen LogP contribution in [0.4, 0.5) is 0 Å². The Kier molecular flexibility index (Phi) is 10.2. The molecule has 7 heteroatoms. The maximum Gasteiger partial charge on any atom is 0.246 e. The molecule has 0 heterocycles. The van der Waals surface area contributed by atoms with Crippen LogP contribution in [0.3, 0.4) is 0 Å². The number of carbonyl (C=O) groups excluding carboxylic acids is 3. The van der Waals surface area contributed by atoms with Gasteiger partial charge in [-0.3, -0.25) is 14.4 Å². The fourth-order valence-corrected chi connectivity index (χ4v) is 5.01. The average molecular weight is 543 g/mol. The van der Waals surface area contributed by atoms with E-state index in [4.69, 9.17) is 5.73 Å². The number of rotatable bonds is 11. The lowest BCUT2D eigenvalue weighted by molar-refractivity contribution is -0.146. The van der Waals surface area contributed by atoms with Crippen LogP contribution in [-0.4, -0.2) is 66.3 Å². The minimum Gasteiger partial charge on any atom is -0.357 e. The number of benzene rings is 3. The van der Waals surface area contributed by atoms with E-state index in [-0.39, 0.29) is 17.7 Å². The number of nitrogens with zero attached hydrogens (tertiary/aromatic N) is 2. The maximum absolute atomic E-state index is 14.1. The van der Waals surface area contributed by atoms with E-state index >= 15 is 0 Å². The summed E-state index contributed by atoms with van der Waals surface area (Å²) in [5, 5.41) is 4.85. The van der Waals surface area contributed by atoms with Crippen LogP contribution >= 0.6 is 0 Å². The Morgan fingerprint density at radius 1 is 0.850 bits per heavy atom. The second kappa shape index (κ2) is 13.4. The van der Waals surface area contributed by atoms with Gasteiger partial charge in [-0.1, -0.05) is 78.4 Å². The number of nitrogens with one attached hydrogen (secondary N) is 1. The summed E-state index contributed by atoms with van der Waals surface area (Å²) in [4.78, 5) is 43.5. The Balaban J connectivity index is 1.96. The highest BCUT2D eigenvalue weighted by atomic mass is 16.2. The van der Waals surface area contributed by atoms with Gasteiger partial charge in [0.2, 0.25) is 17.7 Å². The molecule has 0 fully saturated rings. The maximum atomic E-state index is 14.1. The van der Waals surface area contributed by atoms with E-state index in [2.05, 4.69) is 5.32 Å². The summed E-state index contributed by atoms with van der Waals surface area (Å²) in [6.07, 6.45) is 2.76. The third kappa shape index (κ3) is 8.26. The van der Waals surface area contributed by atoms with Crippen molar-refractivity contribution >= 4 is 28.5 Å². The molecule has 0 aliphatic carbocycles. The summed E-state index contributed by atoms with van der Waals surface area (Å²) >= 11 is 0. The first-order valence-electron chi connectivity index (χ1n) is 13.6. The highest BCUT2D eigenvalue weighted by Gasteiger charge is 2.34. The molecule has 0 bridgehead atoms. The van der Waals surface area contributed by atoms with Crippen LogP contribution in [0.2, 0.25) is 0 Å². The number of nitrogens with two attached hydrogens (primary N) is 1. The molecular formula is C33H42N4O3. The van der Waals surface area contributed by atoms with Crippen LogP contribution in [0.1, 0.15) is 38.3 Å². The number of likely N-dealkylation sites (N-methyl/N-ethyl adjacent to an activating group) is 3. The van der Waals surface area contributed by atoms with Gasteiger partial charge in [0, 0.05) is 45.6 Å². The standard InChI is InChI=1S/C33H42N4O3/c1-23(22-33(2,3)34)18-30(38)36(5)29(21-25-16-17-26-14-10-11-15-27(26)19-25)32(40)37(6)28(31(39)35-4)20-24-12-8-7-9-13-24/h7-19,28-29H,20-22,34H2,1-6H3,(H,35,39)/b23-18+/t28-,29+/m1/s1. The van der Waals surface area contributed by atoms with Gasteiger partial charge in [0.1, 0.15) is 12.1 Å². The van der Waals surface area contributed by atoms with E-state index in [0.29, 0.717) is 19.3 Å². The number of amides is 3. The van der Waals surface area contributed by atoms with Crippen molar-refractivity contribution in [1.82, 2.24) is 15.1 Å². The molecule has 3 rings (SSSR count). The summed E-state index contributed by atoms with van der Waals surface area (Å²) in [5.74, 6) is -0.855. The monoisotopic (exact) mass is 542 g/mol. The Labute approximate surface area is 238 Å². The topological polar surface area (TPSA) is 95.7 Å². The molecule has 0 unspecified atom stereocenters. The molecule has 40 heavy (non-hydrogen) atoms. The molecule has 212 valence electrons. The van der Waals surface area contributed by atoms with Gasteiger partial charge < -0.3 is 20.9 Å². The van der Waals surface area contributed by atoms with E-state index in [1.165, 1.54) is 9.80 Å². The average Bonchev–Trinajstić information content (AvgIpc) is 2.92. The van der Waals surface area contributed by atoms with Crippen LogP contribution in [-0.2, 0) is 27.2 Å². The molecule has 3 N–H and O–H groups in total. The highest BCUT2D eigenvalue weighted by molar-refractivity contribution is 5.95. The Bertz CT molecular complexity index is 1360. The van der Waals surface area contributed by atoms with Gasteiger partial charge in [0.15, 0.2) is 0 Å². The fraction of sp³-hybridized carbons (Fsp3) is 0.364. The zero-order valence-corrected chi connectivity index (χ0v) is 24.5. The smallest absolute Gasteiger partial charge is 0.246 e. The Hall–Kier alpha value is -3.97. The molecule has 0 aromatic heterocycles. The minimum absolute atomic E-state index is 0.265. The van der Waals surface area contributed by atoms with Crippen molar-refractivity contribution in [3.05, 3.63) is 95.6 Å². The lowest BCUT2D eigenvalue weighted by Gasteiger charge is -2.34. The zero-order valence-electron chi connectivity index (χ0n) is 24.5. The summed E-state index contributed by atoms with van der Waals surface area (Å²) in [6.45, 7) is 5.69. The van der Waals surface area contributed by atoms with Gasteiger partial charge in [0.05, 0.1) is 0 Å². The first-order chi connectivity index (χ1) is 18.9. The summed E-state index contributed by atoms with van der Waals surface area (Å²) < 4.78 is 0. The minimum atomic E-state index is -0.823. The summed E-state index contributed by atoms with van der Waals surface area (Å²) in [6, 6.07) is 22.1. The molecule has 2 atom stereocenters. The normalized spacial score (nSPS) is 13.4. The van der Waals surface area contributed by atoms with Crippen molar-refractivity contribution in [1.29, 1.82) is 0 Å². The van der Waals surface area contributed by atoms with Gasteiger partial charge in [-0.15, -0.1) is 0 Å². The largest absolute Gasteiger partial charge is 0.357 e. The number of fused-ring (bicyclic) bond motifs is 1. The Morgan fingerprint density at radius 2 is 1.45 bits per heavy atom. The van der Waals surface area contributed by atoms with E-state index in [9.17, 15) is 14.4 Å². The van der Waals surface area contributed by atoms with E-state index in [1.807, 2.05) is 93.6 Å². The molecular weight excluding hydrogens is 500 g/mol. The SMILES string of the molecule is CNC(=O)[C@@H](Cc1ccccc1)N(C)C(=O)[C@H](Cc1ccc2ccccc2c1)N(C)C(=O)/C=C(\C)CC(C)(C)N. The van der Waals surface area contributed by atoms with Crippen molar-refractivity contribution in [2.75, 3.05) is 21.1 Å². The molecule has 0 radical (unpaired) electrons. The quantitative estimate of drug-likeness (QED) is 0.357. The van der Waals surface area contributed by atoms with Crippen LogP contribution < -0.4 is 11.1 Å². The first-order valence-corrected chi connectivity index (χ1v) is 13.6. The van der Waals surface area contributed by atoms with Gasteiger partial charge in [0.25, 0.3) is 0 Å². The van der Waals surface area contributed by atoms with Gasteiger partial charge in [-0.05, 0) is 49.1 Å². The van der Waals surface area contributed by atoms with Gasteiger partial charge in [-0.2, -0.15) is 0 Å². The lowest BCUT2D eigenvalue weighted by atomic mass is 9.96. The molecule has 0 saturated carbocycles. The lowest BCUT2D eigenvalue weighted by Crippen LogP contribution is -2.55. The van der Waals surface area contributed by atoms with E-state index < -0.39 is 17.6 Å². The molecule has 3 aromatic rings. The van der Waals surface area contributed by atoms with Crippen molar-refractivity contribution in [2.24, 2.45) is 5.73 Å². The highest BCUT2D eigenvalue weighted by Crippen LogP contribution is 2.21. The molecule has 0 aliphatic heterocycles. The van der Waals surface area contributed by atoms with Gasteiger partial charge in [-0.25, -0.2) is 0 Å². The van der Waals surface area contributed by atoms with Crippen LogP contribution in [0.5, 0.6) is 0 Å². The fourth-order valence-electron chi connectivity index (χ4n) is 5.01. The van der Waals surface area contributed by atoms with E-state index in [0.717, 1.165) is 27.5 Å². The molecule has 0 saturated heterocycles. The van der Waals surface area contributed by atoms with E-state index in [1.54, 1.807) is 27.2 Å². The van der Waals surface area contributed by atoms with Crippen molar-refractivity contribution < 1.29 is 14.4 Å². The third-order valence-corrected chi connectivity index (χ3v) is 7.08. The zero-order chi connectivity index (χ0) is 29.4. The number of hydrogen-bond acceptors (Lipinski definition) is 4. The van der Waals surface area contributed by atoms with Crippen LogP contribution in [0, 0.1) is 0 Å². The van der Waals surface area contributed by atoms with Crippen molar-refractivity contribution in [3.8, 4) is 0 Å². The van der Waals surface area contributed by atoms with Crippen molar-refractivity contribution in [3.63, 3.8) is 0 Å². The number of hydrogen-bond donors (Lipinski definition) is 2. The summed E-state index contributed by atoms with van der Waals surface area (Å²) in [7, 11) is 4.84. The van der Waals surface area contributed by atoms with Crippen LogP contribution in [0.15, 0.2) is 84.4 Å². The van der Waals surface area contributed by atoms with Crippen LogP contribution in [0.25, 0.3) is 10.8 Å². The molecule has 3 aromatic carbocycles. The molecule has 3 amide bonds. The molecule has 0 aliphatic rings. The van der Waals surface area contributed by atoms with Crippen molar-refractivity contribution in [2.45, 2.75) is 57.7 Å². The van der Waals surface area contributed by atoms with Gasteiger partial charge >= 0.3 is 0 Å². The first kappa shape index (κ1) is 30.6. The molecule has 0 spiro atoms. The summed E-state index contributed by atoms with van der Waals surface area (Å²) in [5.41, 5.74) is 8.40. The predicted octanol–water partition coefficient (Wildman–Crippen LogP) is 4.10. The second-order valence-electron chi connectivity index (χ2n) is 11.3. The predicted molar refractivity (Wildman–Crippen MR) is 162 cm³/mol. The molecule has 7 nitrogen and oxygen atoms in total. The third-order valence-electron chi connectivity index (χ3n) is 7.08. The second-order valence-corrected chi connectivity index (χ2v) is 11.3.